The Balaban J connectivity index is 2.05. The number of rotatable bonds is 8. The number of benzene rings is 1. The molecule has 0 saturated heterocycles. The molecule has 0 aliphatic heterocycles. The molecule has 1 aromatic carbocycles. The maximum atomic E-state index is 12.8. The van der Waals surface area contributed by atoms with E-state index in [0.29, 0.717) is 18.0 Å². The van der Waals surface area contributed by atoms with Gasteiger partial charge in [-0.15, -0.1) is 11.3 Å². The minimum Gasteiger partial charge on any atom is -0.493 e. The molecule has 2 aromatic rings. The fourth-order valence-corrected chi connectivity index (χ4v) is 3.61. The molecule has 0 bridgehead atoms. The number of carbonyl (C=O) groups excluding carboxylic acids is 1. The Kier molecular flexibility index (Phi) is 6.82. The lowest BCUT2D eigenvalue weighted by Crippen LogP contribution is -2.29. The predicted octanol–water partition coefficient (Wildman–Crippen LogP) is 3.74. The van der Waals surface area contributed by atoms with Crippen LogP contribution in [0.25, 0.3) is 0 Å². The molecule has 0 N–H and O–H groups in total. The van der Waals surface area contributed by atoms with Gasteiger partial charge in [-0.3, -0.25) is 4.79 Å². The van der Waals surface area contributed by atoms with Crippen LogP contribution >= 0.6 is 11.3 Å². The number of aryl methyl sites for hydroxylation is 2. The molecular formula is C19H26N2O3S. The van der Waals surface area contributed by atoms with Crippen molar-refractivity contribution in [2.45, 2.75) is 33.1 Å². The van der Waals surface area contributed by atoms with E-state index in [4.69, 9.17) is 9.47 Å². The highest BCUT2D eigenvalue weighted by atomic mass is 32.1. The van der Waals surface area contributed by atoms with Crippen LogP contribution in [0.15, 0.2) is 18.2 Å². The Labute approximate surface area is 153 Å². The van der Waals surface area contributed by atoms with E-state index in [-0.39, 0.29) is 5.91 Å². The first-order valence-corrected chi connectivity index (χ1v) is 9.24. The van der Waals surface area contributed by atoms with Crippen LogP contribution in [-0.4, -0.2) is 43.6 Å². The first-order chi connectivity index (χ1) is 12.0. The smallest absolute Gasteiger partial charge is 0.265 e. The molecule has 0 radical (unpaired) electrons. The van der Waals surface area contributed by atoms with Gasteiger partial charge in [0, 0.05) is 13.6 Å². The van der Waals surface area contributed by atoms with Crippen molar-refractivity contribution in [3.63, 3.8) is 0 Å². The summed E-state index contributed by atoms with van der Waals surface area (Å²) in [5.41, 5.74) is 2.03. The molecular weight excluding hydrogens is 336 g/mol. The van der Waals surface area contributed by atoms with E-state index >= 15 is 0 Å². The third-order valence-electron chi connectivity index (χ3n) is 4.02. The fourth-order valence-electron chi connectivity index (χ4n) is 2.65. The summed E-state index contributed by atoms with van der Waals surface area (Å²) in [6.45, 7) is 4.69. The van der Waals surface area contributed by atoms with Crippen LogP contribution in [0.5, 0.6) is 11.5 Å². The molecule has 0 fully saturated rings. The lowest BCUT2D eigenvalue weighted by atomic mass is 10.1. The van der Waals surface area contributed by atoms with E-state index in [1.165, 1.54) is 11.3 Å². The second-order valence-electron chi connectivity index (χ2n) is 5.92. The van der Waals surface area contributed by atoms with Gasteiger partial charge in [0.2, 0.25) is 0 Å². The van der Waals surface area contributed by atoms with Crippen molar-refractivity contribution < 1.29 is 14.3 Å². The number of thiazole rings is 1. The molecule has 25 heavy (non-hydrogen) atoms. The number of nitrogens with zero attached hydrogens (tertiary/aromatic N) is 2. The predicted molar refractivity (Wildman–Crippen MR) is 101 cm³/mol. The van der Waals surface area contributed by atoms with Crippen LogP contribution in [0.3, 0.4) is 0 Å². The Bertz CT molecular complexity index is 727. The van der Waals surface area contributed by atoms with Gasteiger partial charge in [-0.05, 0) is 37.5 Å². The molecule has 5 nitrogen and oxygen atoms in total. The zero-order chi connectivity index (χ0) is 18.4. The van der Waals surface area contributed by atoms with Gasteiger partial charge in [0.05, 0.1) is 24.9 Å². The SMILES string of the molecule is CCCc1nc(C)sc1C(=O)N(C)CCc1ccc(OC)c(OC)c1. The lowest BCUT2D eigenvalue weighted by Gasteiger charge is -2.17. The van der Waals surface area contributed by atoms with E-state index in [2.05, 4.69) is 11.9 Å². The highest BCUT2D eigenvalue weighted by Gasteiger charge is 2.19. The van der Waals surface area contributed by atoms with Crippen molar-refractivity contribution in [3.8, 4) is 11.5 Å². The zero-order valence-corrected chi connectivity index (χ0v) is 16.4. The number of hydrogen-bond donors (Lipinski definition) is 0. The van der Waals surface area contributed by atoms with Crippen LogP contribution in [0.1, 0.15) is 39.3 Å². The van der Waals surface area contributed by atoms with Gasteiger partial charge < -0.3 is 14.4 Å². The highest BCUT2D eigenvalue weighted by molar-refractivity contribution is 7.13. The average Bonchev–Trinajstić information content (AvgIpc) is 2.99. The van der Waals surface area contributed by atoms with Crippen molar-refractivity contribution in [1.29, 1.82) is 0 Å². The first kappa shape index (κ1) is 19.2. The van der Waals surface area contributed by atoms with E-state index in [0.717, 1.165) is 40.4 Å². The third-order valence-corrected chi connectivity index (χ3v) is 5.02. The summed E-state index contributed by atoms with van der Waals surface area (Å²) < 4.78 is 10.6. The molecule has 0 unspecified atom stereocenters. The van der Waals surface area contributed by atoms with Crippen LogP contribution in [-0.2, 0) is 12.8 Å². The van der Waals surface area contributed by atoms with Crippen molar-refractivity contribution >= 4 is 17.2 Å². The lowest BCUT2D eigenvalue weighted by molar-refractivity contribution is 0.0800. The number of methoxy groups -OCH3 is 2. The van der Waals surface area contributed by atoms with Gasteiger partial charge in [-0.2, -0.15) is 0 Å². The molecule has 0 saturated carbocycles. The van der Waals surface area contributed by atoms with Crippen molar-refractivity contribution in [3.05, 3.63) is 39.3 Å². The maximum absolute atomic E-state index is 12.8. The van der Waals surface area contributed by atoms with E-state index in [1.54, 1.807) is 19.1 Å². The maximum Gasteiger partial charge on any atom is 0.265 e. The molecule has 1 heterocycles. The molecule has 1 amide bonds. The topological polar surface area (TPSA) is 51.7 Å². The van der Waals surface area contributed by atoms with E-state index in [1.807, 2.05) is 32.2 Å². The Morgan fingerprint density at radius 2 is 1.92 bits per heavy atom. The number of ether oxygens (including phenoxy) is 2. The number of hydrogen-bond acceptors (Lipinski definition) is 5. The minimum absolute atomic E-state index is 0.0505. The van der Waals surface area contributed by atoms with Gasteiger partial charge in [0.15, 0.2) is 11.5 Å². The minimum atomic E-state index is 0.0505. The van der Waals surface area contributed by atoms with Crippen LogP contribution in [0.4, 0.5) is 0 Å². The number of carbonyl (C=O) groups is 1. The molecule has 0 atom stereocenters. The molecule has 1 aromatic heterocycles. The van der Waals surface area contributed by atoms with Crippen molar-refractivity contribution in [2.24, 2.45) is 0 Å². The zero-order valence-electron chi connectivity index (χ0n) is 15.6. The number of amides is 1. The molecule has 0 aliphatic carbocycles. The van der Waals surface area contributed by atoms with Crippen LogP contribution in [0.2, 0.25) is 0 Å². The quantitative estimate of drug-likeness (QED) is 0.718. The summed E-state index contributed by atoms with van der Waals surface area (Å²) in [7, 11) is 5.08. The second-order valence-corrected chi connectivity index (χ2v) is 7.13. The van der Waals surface area contributed by atoms with Crippen molar-refractivity contribution in [1.82, 2.24) is 9.88 Å². The summed E-state index contributed by atoms with van der Waals surface area (Å²) in [6.07, 6.45) is 2.58. The molecule has 6 heteroatoms. The second kappa shape index (κ2) is 8.85. The Hall–Kier alpha value is -2.08. The first-order valence-electron chi connectivity index (χ1n) is 8.42. The number of likely N-dealkylation sites (N-methyl/N-ethyl adjacent to an activating group) is 1. The molecule has 2 rings (SSSR count). The van der Waals surface area contributed by atoms with Gasteiger partial charge in [-0.25, -0.2) is 4.98 Å². The monoisotopic (exact) mass is 362 g/mol. The van der Waals surface area contributed by atoms with Crippen LogP contribution < -0.4 is 9.47 Å². The van der Waals surface area contributed by atoms with Crippen LogP contribution in [0, 0.1) is 6.92 Å². The third kappa shape index (κ3) is 4.72. The summed E-state index contributed by atoms with van der Waals surface area (Å²) in [4.78, 5) is 19.8. The van der Waals surface area contributed by atoms with Crippen molar-refractivity contribution in [2.75, 3.05) is 27.8 Å². The highest BCUT2D eigenvalue weighted by Crippen LogP contribution is 2.28. The fraction of sp³-hybridized carbons (Fsp3) is 0.474. The summed E-state index contributed by atoms with van der Waals surface area (Å²) in [6, 6.07) is 5.84. The standard InChI is InChI=1S/C19H26N2O3S/c1-6-7-15-18(25-13(2)20-15)19(22)21(3)11-10-14-8-9-16(23-4)17(12-14)24-5/h8-9,12H,6-7,10-11H2,1-5H3. The molecule has 136 valence electrons. The van der Waals surface area contributed by atoms with Gasteiger partial charge in [-0.1, -0.05) is 19.4 Å². The molecule has 0 aliphatic rings. The normalized spacial score (nSPS) is 10.6. The van der Waals surface area contributed by atoms with Gasteiger partial charge >= 0.3 is 0 Å². The summed E-state index contributed by atoms with van der Waals surface area (Å²) >= 11 is 1.48. The number of aromatic nitrogens is 1. The summed E-state index contributed by atoms with van der Waals surface area (Å²) in [5.74, 6) is 1.46. The summed E-state index contributed by atoms with van der Waals surface area (Å²) in [5, 5.41) is 0.945. The van der Waals surface area contributed by atoms with Gasteiger partial charge in [0.25, 0.3) is 5.91 Å². The average molecular weight is 362 g/mol. The van der Waals surface area contributed by atoms with E-state index in [9.17, 15) is 4.79 Å². The van der Waals surface area contributed by atoms with Gasteiger partial charge in [0.1, 0.15) is 4.88 Å². The Morgan fingerprint density at radius 1 is 1.20 bits per heavy atom. The Morgan fingerprint density at radius 3 is 2.56 bits per heavy atom. The molecule has 0 spiro atoms. The largest absolute Gasteiger partial charge is 0.493 e. The van der Waals surface area contributed by atoms with E-state index < -0.39 is 0 Å².